The van der Waals surface area contributed by atoms with Crippen LogP contribution in [-0.2, 0) is 13.0 Å². The van der Waals surface area contributed by atoms with Gasteiger partial charge in [-0.25, -0.2) is 4.79 Å². The molecule has 0 aliphatic heterocycles. The molecule has 0 radical (unpaired) electrons. The molecule has 3 unspecified atom stereocenters. The van der Waals surface area contributed by atoms with E-state index in [-0.39, 0.29) is 5.56 Å². The third kappa shape index (κ3) is 4.80. The van der Waals surface area contributed by atoms with Crippen molar-refractivity contribution in [2.75, 3.05) is 11.9 Å². The van der Waals surface area contributed by atoms with E-state index in [2.05, 4.69) is 29.6 Å². The number of hydrogen-bond acceptors (Lipinski definition) is 3. The number of benzene rings is 3. The molecule has 1 fully saturated rings. The van der Waals surface area contributed by atoms with Gasteiger partial charge < -0.3 is 15.2 Å². The second-order valence-electron chi connectivity index (χ2n) is 9.13. The SMILES string of the molecule is O=C(O)c1ccc(NCC2CC3C=CC2C3)c(Cc2ccccc2)c1OCc1ccccc1. The van der Waals surface area contributed by atoms with E-state index in [1.54, 1.807) is 6.07 Å². The molecule has 5 rings (SSSR count). The van der Waals surface area contributed by atoms with Crippen LogP contribution in [0.1, 0.15) is 39.9 Å². The predicted octanol–water partition coefficient (Wildman–Crippen LogP) is 6.18. The third-order valence-corrected chi connectivity index (χ3v) is 6.91. The molecular formula is C29H29NO3. The summed E-state index contributed by atoms with van der Waals surface area (Å²) in [7, 11) is 0. The highest BCUT2D eigenvalue weighted by Crippen LogP contribution is 2.43. The number of carboxylic acids is 1. The summed E-state index contributed by atoms with van der Waals surface area (Å²) in [6, 6.07) is 23.6. The van der Waals surface area contributed by atoms with Crippen LogP contribution in [0.2, 0.25) is 0 Å². The van der Waals surface area contributed by atoms with Gasteiger partial charge in [0.25, 0.3) is 0 Å². The molecule has 3 aromatic carbocycles. The van der Waals surface area contributed by atoms with Gasteiger partial charge in [0.2, 0.25) is 0 Å². The van der Waals surface area contributed by atoms with Crippen LogP contribution in [0.25, 0.3) is 0 Å². The number of carbonyl (C=O) groups is 1. The van der Waals surface area contributed by atoms with Crippen molar-refractivity contribution in [2.24, 2.45) is 17.8 Å². The lowest BCUT2D eigenvalue weighted by Crippen LogP contribution is -2.19. The van der Waals surface area contributed by atoms with Gasteiger partial charge in [-0.15, -0.1) is 0 Å². The van der Waals surface area contributed by atoms with Crippen molar-refractivity contribution < 1.29 is 14.6 Å². The van der Waals surface area contributed by atoms with Crippen LogP contribution in [-0.4, -0.2) is 17.6 Å². The van der Waals surface area contributed by atoms with Gasteiger partial charge in [-0.05, 0) is 53.9 Å². The molecule has 0 spiro atoms. The van der Waals surface area contributed by atoms with Gasteiger partial charge in [-0.3, -0.25) is 0 Å². The molecule has 33 heavy (non-hydrogen) atoms. The molecule has 3 atom stereocenters. The van der Waals surface area contributed by atoms with Gasteiger partial charge in [0.05, 0.1) is 0 Å². The molecule has 0 heterocycles. The fourth-order valence-corrected chi connectivity index (χ4v) is 5.20. The van der Waals surface area contributed by atoms with E-state index in [0.29, 0.717) is 30.6 Å². The maximum atomic E-state index is 12.1. The molecular weight excluding hydrogens is 410 g/mol. The molecule has 1 saturated carbocycles. The summed E-state index contributed by atoms with van der Waals surface area (Å²) in [5.41, 5.74) is 4.18. The molecule has 2 N–H and O–H groups in total. The lowest BCUT2D eigenvalue weighted by Gasteiger charge is -2.23. The number of allylic oxidation sites excluding steroid dienone is 2. The van der Waals surface area contributed by atoms with Crippen molar-refractivity contribution in [1.82, 2.24) is 0 Å². The Balaban J connectivity index is 1.46. The standard InChI is InChI=1S/C29H29NO3/c31-29(32)25-13-14-27(30-18-24-16-22-11-12-23(24)15-22)26(17-20-7-3-1-4-8-20)28(25)33-19-21-9-5-2-6-10-21/h1-14,22-24,30H,15-19H2,(H,31,32). The van der Waals surface area contributed by atoms with Gasteiger partial charge in [0.15, 0.2) is 0 Å². The van der Waals surface area contributed by atoms with Crippen molar-refractivity contribution in [3.8, 4) is 5.75 Å². The molecule has 0 aromatic heterocycles. The largest absolute Gasteiger partial charge is 0.488 e. The van der Waals surface area contributed by atoms with Crippen molar-refractivity contribution in [1.29, 1.82) is 0 Å². The molecule has 0 amide bonds. The highest BCUT2D eigenvalue weighted by molar-refractivity contribution is 5.92. The first kappa shape index (κ1) is 21.3. The van der Waals surface area contributed by atoms with Gasteiger partial charge in [-0.1, -0.05) is 72.8 Å². The Morgan fingerprint density at radius 1 is 0.909 bits per heavy atom. The monoisotopic (exact) mass is 439 g/mol. The Morgan fingerprint density at radius 3 is 2.27 bits per heavy atom. The number of aromatic carboxylic acids is 1. The van der Waals surface area contributed by atoms with Crippen LogP contribution in [0.3, 0.4) is 0 Å². The van der Waals surface area contributed by atoms with E-state index >= 15 is 0 Å². The van der Waals surface area contributed by atoms with Gasteiger partial charge in [0, 0.05) is 24.2 Å². The molecule has 2 bridgehead atoms. The van der Waals surface area contributed by atoms with Crippen molar-refractivity contribution in [2.45, 2.75) is 25.9 Å². The molecule has 168 valence electrons. The average Bonchev–Trinajstić information content (AvgIpc) is 3.47. The minimum atomic E-state index is -0.975. The van der Waals surface area contributed by atoms with Crippen LogP contribution < -0.4 is 10.1 Å². The van der Waals surface area contributed by atoms with E-state index in [4.69, 9.17) is 4.74 Å². The van der Waals surface area contributed by atoms with Crippen molar-refractivity contribution >= 4 is 11.7 Å². The smallest absolute Gasteiger partial charge is 0.339 e. The number of nitrogens with one attached hydrogen (secondary N) is 1. The van der Waals surface area contributed by atoms with E-state index in [0.717, 1.165) is 34.8 Å². The average molecular weight is 440 g/mol. The van der Waals surface area contributed by atoms with E-state index < -0.39 is 5.97 Å². The molecule has 4 heteroatoms. The maximum Gasteiger partial charge on any atom is 0.339 e. The van der Waals surface area contributed by atoms with Gasteiger partial charge >= 0.3 is 5.97 Å². The van der Waals surface area contributed by atoms with Gasteiger partial charge in [0.1, 0.15) is 17.9 Å². The lowest BCUT2D eigenvalue weighted by molar-refractivity contribution is 0.0691. The zero-order valence-electron chi connectivity index (χ0n) is 18.6. The minimum Gasteiger partial charge on any atom is -0.488 e. The zero-order chi connectivity index (χ0) is 22.6. The number of rotatable bonds is 9. The van der Waals surface area contributed by atoms with Crippen LogP contribution in [0, 0.1) is 17.8 Å². The van der Waals surface area contributed by atoms with Crippen LogP contribution >= 0.6 is 0 Å². The Morgan fingerprint density at radius 2 is 1.64 bits per heavy atom. The fraction of sp³-hybridized carbons (Fsp3) is 0.276. The second-order valence-corrected chi connectivity index (χ2v) is 9.13. The number of anilines is 1. The van der Waals surface area contributed by atoms with E-state index in [1.807, 2.05) is 54.6 Å². The summed E-state index contributed by atoms with van der Waals surface area (Å²) in [4.78, 5) is 12.1. The topological polar surface area (TPSA) is 58.6 Å². The Kier molecular flexibility index (Phi) is 6.16. The molecule has 2 aliphatic rings. The first-order valence-electron chi connectivity index (χ1n) is 11.7. The van der Waals surface area contributed by atoms with Gasteiger partial charge in [-0.2, -0.15) is 0 Å². The first-order valence-corrected chi connectivity index (χ1v) is 11.7. The lowest BCUT2D eigenvalue weighted by atomic mass is 9.93. The summed E-state index contributed by atoms with van der Waals surface area (Å²) in [6.45, 7) is 1.21. The van der Waals surface area contributed by atoms with Crippen LogP contribution in [0.15, 0.2) is 84.9 Å². The minimum absolute atomic E-state index is 0.199. The Bertz CT molecular complexity index is 1140. The summed E-state index contributed by atoms with van der Waals surface area (Å²) in [6.07, 6.45) is 7.83. The summed E-state index contributed by atoms with van der Waals surface area (Å²) in [5.74, 6) is 1.49. The van der Waals surface area contributed by atoms with Crippen molar-refractivity contribution in [3.63, 3.8) is 0 Å². The number of hydrogen-bond donors (Lipinski definition) is 2. The summed E-state index contributed by atoms with van der Waals surface area (Å²) < 4.78 is 6.22. The second kappa shape index (κ2) is 9.53. The van der Waals surface area contributed by atoms with Crippen LogP contribution in [0.4, 0.5) is 5.69 Å². The predicted molar refractivity (Wildman–Crippen MR) is 131 cm³/mol. The highest BCUT2D eigenvalue weighted by Gasteiger charge is 2.35. The first-order chi connectivity index (χ1) is 16.2. The van der Waals surface area contributed by atoms with Crippen LogP contribution in [0.5, 0.6) is 5.75 Å². The zero-order valence-corrected chi connectivity index (χ0v) is 18.6. The van der Waals surface area contributed by atoms with E-state index in [9.17, 15) is 9.90 Å². The maximum absolute atomic E-state index is 12.1. The molecule has 3 aromatic rings. The highest BCUT2D eigenvalue weighted by atomic mass is 16.5. The number of fused-ring (bicyclic) bond motifs is 2. The quantitative estimate of drug-likeness (QED) is 0.391. The Hall–Kier alpha value is -3.53. The number of ether oxygens (including phenoxy) is 1. The molecule has 2 aliphatic carbocycles. The Labute approximate surface area is 194 Å². The normalized spacial score (nSPS) is 20.7. The van der Waals surface area contributed by atoms with E-state index in [1.165, 1.54) is 12.8 Å². The van der Waals surface area contributed by atoms with Crippen molar-refractivity contribution in [3.05, 3.63) is 107 Å². The third-order valence-electron chi connectivity index (χ3n) is 6.91. The fourth-order valence-electron chi connectivity index (χ4n) is 5.20. The molecule has 4 nitrogen and oxygen atoms in total. The summed E-state index contributed by atoms with van der Waals surface area (Å²) >= 11 is 0. The molecule has 0 saturated heterocycles. The number of carboxylic acid groups (broad SMARTS) is 1. The summed E-state index contributed by atoms with van der Waals surface area (Å²) in [5, 5.41) is 13.6.